The molecule has 0 radical (unpaired) electrons. The number of halogens is 1. The molecule has 0 aliphatic carbocycles. The Bertz CT molecular complexity index is 671. The second-order valence-electron chi connectivity index (χ2n) is 4.91. The van der Waals surface area contributed by atoms with Gasteiger partial charge in [0.25, 0.3) is 0 Å². The van der Waals surface area contributed by atoms with Gasteiger partial charge in [0.15, 0.2) is 5.75 Å². The van der Waals surface area contributed by atoms with Crippen LogP contribution in [-0.2, 0) is 12.5 Å². The fourth-order valence-corrected chi connectivity index (χ4v) is 2.19. The maximum atomic E-state index is 11.1. The van der Waals surface area contributed by atoms with Crippen LogP contribution in [0.2, 0.25) is 0 Å². The maximum Gasteiger partial charge on any atom is 0.311 e. The second kappa shape index (κ2) is 6.59. The first-order valence-electron chi connectivity index (χ1n) is 6.53. The average Bonchev–Trinajstić information content (AvgIpc) is 2.48. The molecule has 0 aromatic heterocycles. The van der Waals surface area contributed by atoms with Crippen molar-refractivity contribution in [2.45, 2.75) is 26.3 Å². The Morgan fingerprint density at radius 3 is 2.62 bits per heavy atom. The smallest absolute Gasteiger partial charge is 0.311 e. The van der Waals surface area contributed by atoms with E-state index in [1.54, 1.807) is 12.1 Å². The Kier molecular flexibility index (Phi) is 4.81. The molecule has 4 nitrogen and oxygen atoms in total. The predicted octanol–water partition coefficient (Wildman–Crippen LogP) is 4.53. The fraction of sp³-hybridized carbons (Fsp3) is 0.250. The molecule has 0 bridgehead atoms. The second-order valence-corrected chi connectivity index (χ2v) is 5.18. The van der Waals surface area contributed by atoms with Crippen LogP contribution in [0.5, 0.6) is 5.75 Å². The molecule has 21 heavy (non-hydrogen) atoms. The Morgan fingerprint density at radius 1 is 1.19 bits per heavy atom. The number of nitro groups is 1. The zero-order valence-electron chi connectivity index (χ0n) is 11.9. The molecule has 0 unspecified atom stereocenters. The van der Waals surface area contributed by atoms with Gasteiger partial charge in [-0.05, 0) is 36.6 Å². The van der Waals surface area contributed by atoms with E-state index in [1.165, 1.54) is 6.07 Å². The van der Waals surface area contributed by atoms with Crippen molar-refractivity contribution in [3.05, 3.63) is 68.8 Å². The molecular formula is C16H16ClNO3. The van der Waals surface area contributed by atoms with E-state index >= 15 is 0 Å². The SMILES string of the molecule is Cc1ccc(C)c(COc2ccc(CCl)cc2[N+](=O)[O-])c1. The first-order valence-corrected chi connectivity index (χ1v) is 7.07. The molecule has 2 aromatic carbocycles. The third kappa shape index (κ3) is 3.73. The van der Waals surface area contributed by atoms with Gasteiger partial charge in [-0.1, -0.05) is 29.8 Å². The lowest BCUT2D eigenvalue weighted by Gasteiger charge is -2.10. The lowest BCUT2D eigenvalue weighted by molar-refractivity contribution is -0.386. The van der Waals surface area contributed by atoms with Crippen LogP contribution in [0.3, 0.4) is 0 Å². The van der Waals surface area contributed by atoms with E-state index in [1.807, 2.05) is 32.0 Å². The largest absolute Gasteiger partial charge is 0.482 e. The highest BCUT2D eigenvalue weighted by Crippen LogP contribution is 2.29. The quantitative estimate of drug-likeness (QED) is 0.463. The minimum absolute atomic E-state index is 0.0570. The van der Waals surface area contributed by atoms with Gasteiger partial charge in [-0.15, -0.1) is 11.6 Å². The van der Waals surface area contributed by atoms with Crippen LogP contribution in [0.4, 0.5) is 5.69 Å². The minimum Gasteiger partial charge on any atom is -0.482 e. The van der Waals surface area contributed by atoms with Crippen molar-refractivity contribution >= 4 is 17.3 Å². The van der Waals surface area contributed by atoms with Gasteiger partial charge in [-0.25, -0.2) is 0 Å². The summed E-state index contributed by atoms with van der Waals surface area (Å²) in [5.41, 5.74) is 3.89. The summed E-state index contributed by atoms with van der Waals surface area (Å²) in [6, 6.07) is 10.8. The van der Waals surface area contributed by atoms with Crippen LogP contribution in [0, 0.1) is 24.0 Å². The normalized spacial score (nSPS) is 10.4. The molecule has 0 N–H and O–H groups in total. The average molecular weight is 306 g/mol. The summed E-state index contributed by atoms with van der Waals surface area (Å²) >= 11 is 5.70. The first-order chi connectivity index (χ1) is 10.0. The van der Waals surface area contributed by atoms with E-state index < -0.39 is 4.92 Å². The van der Waals surface area contributed by atoms with E-state index in [9.17, 15) is 10.1 Å². The van der Waals surface area contributed by atoms with Gasteiger partial charge < -0.3 is 4.74 Å². The van der Waals surface area contributed by atoms with Gasteiger partial charge in [0, 0.05) is 11.9 Å². The topological polar surface area (TPSA) is 52.4 Å². The molecule has 2 aromatic rings. The van der Waals surface area contributed by atoms with Crippen LogP contribution in [0.15, 0.2) is 36.4 Å². The van der Waals surface area contributed by atoms with Crippen molar-refractivity contribution < 1.29 is 9.66 Å². The number of ether oxygens (including phenoxy) is 1. The molecule has 5 heteroatoms. The summed E-state index contributed by atoms with van der Waals surface area (Å²) in [4.78, 5) is 10.7. The van der Waals surface area contributed by atoms with Crippen LogP contribution in [-0.4, -0.2) is 4.92 Å². The molecule has 0 saturated heterocycles. The van der Waals surface area contributed by atoms with Gasteiger partial charge in [0.05, 0.1) is 4.92 Å². The Labute approximate surface area is 128 Å². The monoisotopic (exact) mass is 305 g/mol. The molecule has 0 amide bonds. The van der Waals surface area contributed by atoms with Crippen LogP contribution in [0.1, 0.15) is 22.3 Å². The van der Waals surface area contributed by atoms with Crippen molar-refractivity contribution in [2.75, 3.05) is 0 Å². The molecular weight excluding hydrogens is 290 g/mol. The van der Waals surface area contributed by atoms with Gasteiger partial charge in [-0.2, -0.15) is 0 Å². The summed E-state index contributed by atoms with van der Waals surface area (Å²) in [6.45, 7) is 4.29. The summed E-state index contributed by atoms with van der Waals surface area (Å²) < 4.78 is 5.64. The Morgan fingerprint density at radius 2 is 1.95 bits per heavy atom. The predicted molar refractivity (Wildman–Crippen MR) is 82.9 cm³/mol. The van der Waals surface area contributed by atoms with Crippen LogP contribution in [0.25, 0.3) is 0 Å². The van der Waals surface area contributed by atoms with Crippen molar-refractivity contribution in [1.82, 2.24) is 0 Å². The van der Waals surface area contributed by atoms with E-state index in [4.69, 9.17) is 16.3 Å². The number of rotatable bonds is 5. The molecule has 0 spiro atoms. The molecule has 2 rings (SSSR count). The lowest BCUT2D eigenvalue weighted by Crippen LogP contribution is -2.01. The highest BCUT2D eigenvalue weighted by atomic mass is 35.5. The molecule has 110 valence electrons. The van der Waals surface area contributed by atoms with Crippen LogP contribution >= 0.6 is 11.6 Å². The third-order valence-corrected chi connectivity index (χ3v) is 3.57. The number of nitrogens with zero attached hydrogens (tertiary/aromatic N) is 1. The number of hydrogen-bond acceptors (Lipinski definition) is 3. The summed E-state index contributed by atoms with van der Waals surface area (Å²) in [7, 11) is 0. The molecule has 0 aliphatic heterocycles. The van der Waals surface area contributed by atoms with Crippen LogP contribution < -0.4 is 4.74 Å². The van der Waals surface area contributed by atoms with Crippen molar-refractivity contribution in [3.63, 3.8) is 0 Å². The van der Waals surface area contributed by atoms with Crippen molar-refractivity contribution in [2.24, 2.45) is 0 Å². The summed E-state index contributed by atoms with van der Waals surface area (Å²) in [5.74, 6) is 0.493. The number of alkyl halides is 1. The maximum absolute atomic E-state index is 11.1. The van der Waals surface area contributed by atoms with E-state index in [2.05, 4.69) is 0 Å². The number of benzene rings is 2. The molecule has 0 aliphatic rings. The zero-order valence-corrected chi connectivity index (χ0v) is 12.7. The zero-order chi connectivity index (χ0) is 15.4. The molecule has 0 atom stereocenters. The standard InChI is InChI=1S/C16H16ClNO3/c1-11-3-4-12(2)14(7-11)10-21-16-6-5-13(9-17)8-15(16)18(19)20/h3-8H,9-10H2,1-2H3. The highest BCUT2D eigenvalue weighted by molar-refractivity contribution is 6.17. The third-order valence-electron chi connectivity index (χ3n) is 3.26. The Hall–Kier alpha value is -2.07. The summed E-state index contributed by atoms with van der Waals surface area (Å²) in [5, 5.41) is 11.1. The highest BCUT2D eigenvalue weighted by Gasteiger charge is 2.16. The Balaban J connectivity index is 2.23. The molecule has 0 heterocycles. The van der Waals surface area contributed by atoms with E-state index in [0.29, 0.717) is 12.2 Å². The van der Waals surface area contributed by atoms with Gasteiger partial charge in [-0.3, -0.25) is 10.1 Å². The van der Waals surface area contributed by atoms with Gasteiger partial charge in [0.1, 0.15) is 6.61 Å². The minimum atomic E-state index is -0.450. The fourth-order valence-electron chi connectivity index (χ4n) is 2.02. The van der Waals surface area contributed by atoms with E-state index in [0.717, 1.165) is 16.7 Å². The van der Waals surface area contributed by atoms with Gasteiger partial charge in [0.2, 0.25) is 0 Å². The van der Waals surface area contributed by atoms with E-state index in [-0.39, 0.29) is 17.3 Å². The van der Waals surface area contributed by atoms with Gasteiger partial charge >= 0.3 is 5.69 Å². The number of aryl methyl sites for hydroxylation is 2. The number of nitro benzene ring substituents is 1. The first kappa shape index (κ1) is 15.3. The lowest BCUT2D eigenvalue weighted by atomic mass is 10.1. The van der Waals surface area contributed by atoms with Crippen molar-refractivity contribution in [3.8, 4) is 5.75 Å². The summed E-state index contributed by atoms with van der Waals surface area (Å²) in [6.07, 6.45) is 0. The number of hydrogen-bond donors (Lipinski definition) is 0. The molecule has 0 saturated carbocycles. The van der Waals surface area contributed by atoms with Crippen molar-refractivity contribution in [1.29, 1.82) is 0 Å². The molecule has 0 fully saturated rings.